The molecule has 1 N–H and O–H groups in total. The summed E-state index contributed by atoms with van der Waals surface area (Å²) in [6.45, 7) is 4.65. The summed E-state index contributed by atoms with van der Waals surface area (Å²) in [4.78, 5) is 0. The molecule has 1 heteroatoms. The molecule has 0 saturated heterocycles. The fourth-order valence-electron chi connectivity index (χ4n) is 3.21. The van der Waals surface area contributed by atoms with Gasteiger partial charge in [-0.05, 0) is 24.3 Å². The summed E-state index contributed by atoms with van der Waals surface area (Å²) in [6, 6.07) is 12.2. The fourth-order valence-corrected chi connectivity index (χ4v) is 3.21. The van der Waals surface area contributed by atoms with E-state index in [4.69, 9.17) is 0 Å². The van der Waals surface area contributed by atoms with Crippen LogP contribution in [-0.4, -0.2) is 6.04 Å². The number of hydrogen-bond donors (Lipinski definition) is 1. The van der Waals surface area contributed by atoms with Crippen LogP contribution in [0.3, 0.4) is 0 Å². The fraction of sp³-hybridized carbons (Fsp3) is 0.667. The van der Waals surface area contributed by atoms with Crippen LogP contribution in [0.25, 0.3) is 0 Å². The highest BCUT2D eigenvalue weighted by Crippen LogP contribution is 2.25. The predicted molar refractivity (Wildman–Crippen MR) is 83.3 cm³/mol. The zero-order valence-corrected chi connectivity index (χ0v) is 12.6. The van der Waals surface area contributed by atoms with Gasteiger partial charge in [-0.25, -0.2) is 0 Å². The minimum absolute atomic E-state index is 0.505. The maximum atomic E-state index is 3.94. The van der Waals surface area contributed by atoms with E-state index in [0.29, 0.717) is 18.0 Å². The summed E-state index contributed by atoms with van der Waals surface area (Å²) in [5.41, 5.74) is 1.44. The minimum atomic E-state index is 0.505. The Morgan fingerprint density at radius 3 is 2.05 bits per heavy atom. The van der Waals surface area contributed by atoms with Crippen LogP contribution in [0.5, 0.6) is 0 Å². The first-order valence-electron chi connectivity index (χ1n) is 8.08. The van der Waals surface area contributed by atoms with Crippen molar-refractivity contribution in [1.29, 1.82) is 0 Å². The Morgan fingerprint density at radius 2 is 1.47 bits per heavy atom. The van der Waals surface area contributed by atoms with Gasteiger partial charge in [-0.15, -0.1) is 0 Å². The standard InChI is InChI=1S/C18H29N/c1-15(2)18(16-11-7-6-8-12-16)19-17-13-9-4-3-5-10-14-17/h6-8,11-12,15,17-19H,3-5,9-10,13-14H2,1-2H3. The summed E-state index contributed by atoms with van der Waals surface area (Å²) >= 11 is 0. The van der Waals surface area contributed by atoms with E-state index in [1.165, 1.54) is 50.5 Å². The lowest BCUT2D eigenvalue weighted by atomic mass is 9.91. The number of benzene rings is 1. The Balaban J connectivity index is 1.99. The molecule has 1 aromatic rings. The van der Waals surface area contributed by atoms with Gasteiger partial charge in [0.05, 0.1) is 0 Å². The zero-order valence-electron chi connectivity index (χ0n) is 12.6. The Morgan fingerprint density at radius 1 is 0.895 bits per heavy atom. The van der Waals surface area contributed by atoms with Crippen molar-refractivity contribution >= 4 is 0 Å². The molecule has 0 aromatic heterocycles. The van der Waals surface area contributed by atoms with Crippen molar-refractivity contribution in [1.82, 2.24) is 5.32 Å². The maximum Gasteiger partial charge on any atom is 0.0345 e. The van der Waals surface area contributed by atoms with Gasteiger partial charge < -0.3 is 5.32 Å². The highest BCUT2D eigenvalue weighted by molar-refractivity contribution is 5.19. The Hall–Kier alpha value is -0.820. The van der Waals surface area contributed by atoms with E-state index in [9.17, 15) is 0 Å². The number of hydrogen-bond acceptors (Lipinski definition) is 1. The third kappa shape index (κ3) is 4.65. The van der Waals surface area contributed by atoms with Crippen LogP contribution in [0.1, 0.15) is 70.4 Å². The molecule has 1 unspecified atom stereocenters. The Labute approximate surface area is 118 Å². The van der Waals surface area contributed by atoms with Gasteiger partial charge in [-0.3, -0.25) is 0 Å². The lowest BCUT2D eigenvalue weighted by molar-refractivity contribution is 0.312. The van der Waals surface area contributed by atoms with Gasteiger partial charge in [0.2, 0.25) is 0 Å². The molecule has 1 nitrogen and oxygen atoms in total. The van der Waals surface area contributed by atoms with Gasteiger partial charge in [-0.1, -0.05) is 76.3 Å². The van der Waals surface area contributed by atoms with Gasteiger partial charge in [-0.2, -0.15) is 0 Å². The molecular weight excluding hydrogens is 230 g/mol. The molecular formula is C18H29N. The molecule has 0 spiro atoms. The van der Waals surface area contributed by atoms with Crippen LogP contribution < -0.4 is 5.32 Å². The van der Waals surface area contributed by atoms with Gasteiger partial charge in [0.25, 0.3) is 0 Å². The van der Waals surface area contributed by atoms with Crippen molar-refractivity contribution in [3.8, 4) is 0 Å². The van der Waals surface area contributed by atoms with Crippen molar-refractivity contribution in [2.24, 2.45) is 5.92 Å². The second kappa shape index (κ2) is 7.69. The summed E-state index contributed by atoms with van der Waals surface area (Å²) in [6.07, 6.45) is 9.81. The molecule has 2 rings (SSSR count). The SMILES string of the molecule is CC(C)C(NC1CCCCCCC1)c1ccccc1. The lowest BCUT2D eigenvalue weighted by Gasteiger charge is -2.30. The van der Waals surface area contributed by atoms with E-state index in [1.807, 2.05) is 0 Å². The molecule has 1 aromatic carbocycles. The van der Waals surface area contributed by atoms with Crippen LogP contribution in [0.2, 0.25) is 0 Å². The van der Waals surface area contributed by atoms with E-state index < -0.39 is 0 Å². The molecule has 1 fully saturated rings. The second-order valence-electron chi connectivity index (χ2n) is 6.34. The van der Waals surface area contributed by atoms with E-state index in [0.717, 1.165) is 0 Å². The maximum absolute atomic E-state index is 3.94. The van der Waals surface area contributed by atoms with Crippen LogP contribution >= 0.6 is 0 Å². The average Bonchev–Trinajstić information content (AvgIpc) is 2.38. The van der Waals surface area contributed by atoms with Crippen molar-refractivity contribution in [2.75, 3.05) is 0 Å². The highest BCUT2D eigenvalue weighted by Gasteiger charge is 2.20. The molecule has 1 saturated carbocycles. The Bertz CT molecular complexity index is 336. The van der Waals surface area contributed by atoms with Crippen molar-refractivity contribution in [2.45, 2.75) is 70.9 Å². The topological polar surface area (TPSA) is 12.0 Å². The molecule has 0 heterocycles. The number of rotatable bonds is 4. The molecule has 1 atom stereocenters. The minimum Gasteiger partial charge on any atom is -0.307 e. The van der Waals surface area contributed by atoms with Crippen molar-refractivity contribution < 1.29 is 0 Å². The second-order valence-corrected chi connectivity index (χ2v) is 6.34. The third-order valence-electron chi connectivity index (χ3n) is 4.35. The normalized spacial score (nSPS) is 19.9. The largest absolute Gasteiger partial charge is 0.307 e. The highest BCUT2D eigenvalue weighted by atomic mass is 15.0. The van der Waals surface area contributed by atoms with Crippen LogP contribution in [0, 0.1) is 5.92 Å². The van der Waals surface area contributed by atoms with Crippen LogP contribution in [0.15, 0.2) is 30.3 Å². The first-order chi connectivity index (χ1) is 9.27. The molecule has 1 aliphatic rings. The van der Waals surface area contributed by atoms with Gasteiger partial charge in [0, 0.05) is 12.1 Å². The Kier molecular flexibility index (Phi) is 5.91. The lowest BCUT2D eigenvalue weighted by Crippen LogP contribution is -2.35. The van der Waals surface area contributed by atoms with Crippen LogP contribution in [0.4, 0.5) is 0 Å². The predicted octanol–water partition coefficient (Wildman–Crippen LogP) is 5.09. The van der Waals surface area contributed by atoms with Gasteiger partial charge >= 0.3 is 0 Å². The first-order valence-corrected chi connectivity index (χ1v) is 8.08. The van der Waals surface area contributed by atoms with Gasteiger partial charge in [0.15, 0.2) is 0 Å². The molecule has 1 aliphatic carbocycles. The van der Waals surface area contributed by atoms with Crippen LogP contribution in [-0.2, 0) is 0 Å². The van der Waals surface area contributed by atoms with Crippen molar-refractivity contribution in [3.63, 3.8) is 0 Å². The molecule has 0 bridgehead atoms. The van der Waals surface area contributed by atoms with Gasteiger partial charge in [0.1, 0.15) is 0 Å². The molecule has 19 heavy (non-hydrogen) atoms. The average molecular weight is 259 g/mol. The quantitative estimate of drug-likeness (QED) is 0.794. The smallest absolute Gasteiger partial charge is 0.0345 e. The van der Waals surface area contributed by atoms with E-state index in [1.54, 1.807) is 0 Å². The summed E-state index contributed by atoms with van der Waals surface area (Å²) in [7, 11) is 0. The van der Waals surface area contributed by atoms with E-state index >= 15 is 0 Å². The summed E-state index contributed by atoms with van der Waals surface area (Å²) in [5.74, 6) is 0.646. The first kappa shape index (κ1) is 14.6. The van der Waals surface area contributed by atoms with E-state index in [-0.39, 0.29) is 0 Å². The molecule has 0 radical (unpaired) electrons. The summed E-state index contributed by atoms with van der Waals surface area (Å²) in [5, 5.41) is 3.94. The molecule has 0 aliphatic heterocycles. The monoisotopic (exact) mass is 259 g/mol. The molecule has 0 amide bonds. The third-order valence-corrected chi connectivity index (χ3v) is 4.35. The van der Waals surface area contributed by atoms with E-state index in [2.05, 4.69) is 49.5 Å². The van der Waals surface area contributed by atoms with Crippen molar-refractivity contribution in [3.05, 3.63) is 35.9 Å². The summed E-state index contributed by atoms with van der Waals surface area (Å²) < 4.78 is 0. The molecule has 106 valence electrons. The zero-order chi connectivity index (χ0) is 13.5. The number of nitrogens with one attached hydrogen (secondary N) is 1.